The van der Waals surface area contributed by atoms with Gasteiger partial charge in [0.05, 0.1) is 149 Å². The molecule has 86 heavy (non-hydrogen) atoms. The van der Waals surface area contributed by atoms with E-state index in [9.17, 15) is 50.4 Å². The minimum absolute atomic E-state index is 0. The molecule has 6 rings (SSSR count). The third-order valence-electron chi connectivity index (χ3n) is 8.96. The number of ether oxygens (including phenoxy) is 14. The Hall–Kier alpha value is -3.66. The van der Waals surface area contributed by atoms with Crippen molar-refractivity contribution in [2.75, 3.05) is 164 Å². The molecule has 500 valence electrons. The van der Waals surface area contributed by atoms with Crippen LogP contribution >= 0.6 is 38.8 Å². The number of alkyl halides is 2. The van der Waals surface area contributed by atoms with Crippen LogP contribution < -0.4 is 43.5 Å². The van der Waals surface area contributed by atoms with Crippen molar-refractivity contribution >= 4 is 60.6 Å². The molecule has 0 atom stereocenters. The number of para-hydroxylation sites is 4. The number of fused-ring (bicyclic) bond motifs is 5. The van der Waals surface area contributed by atoms with Crippen molar-refractivity contribution in [2.45, 2.75) is 0 Å². The molecule has 0 radical (unpaired) electrons. The smallest absolute Gasteiger partial charge is 0.487 e. The summed E-state index contributed by atoms with van der Waals surface area (Å²) in [6.45, 7) is 10.9. The third kappa shape index (κ3) is 58.1. The van der Waals surface area contributed by atoms with E-state index in [1.807, 2.05) is 60.7 Å². The maximum absolute atomic E-state index is 10.7. The molecule has 0 saturated carbocycles. The minimum Gasteiger partial charge on any atom is -0.487 e. The summed E-state index contributed by atoms with van der Waals surface area (Å²) >= 11 is 9.53. The Morgan fingerprint density at radius 3 is 0.628 bits per heavy atom. The van der Waals surface area contributed by atoms with Gasteiger partial charge in [0, 0.05) is 23.2 Å². The molecule has 37 heteroatoms. The molecule has 5 aromatic rings. The summed E-state index contributed by atoms with van der Waals surface area (Å²) < 4.78 is 197. The fourth-order valence-electron chi connectivity index (χ4n) is 5.86. The number of aromatic nitrogens is 2. The molecule has 0 saturated heterocycles. The van der Waals surface area contributed by atoms with Gasteiger partial charge in [0.2, 0.25) is 0 Å². The van der Waals surface area contributed by atoms with E-state index in [0.717, 1.165) is 21.8 Å². The zero-order valence-corrected chi connectivity index (χ0v) is 51.9. The molecular weight excluding hydrogens is 1360 g/mol. The number of hydrogen-bond donors (Lipinski definition) is 4. The van der Waals surface area contributed by atoms with Gasteiger partial charge in [-0.25, -0.2) is 0 Å². The maximum atomic E-state index is 9.87. The molecule has 0 fully saturated rings. The Kier molecular flexibility index (Phi) is 47.0. The first-order valence-corrected chi connectivity index (χ1v) is 29.6. The Bertz CT molecular complexity index is 2200. The molecule has 1 aliphatic heterocycles. The van der Waals surface area contributed by atoms with Gasteiger partial charge in [-0.1, -0.05) is 48.5 Å². The van der Waals surface area contributed by atoms with E-state index >= 15 is 0 Å². The summed E-state index contributed by atoms with van der Waals surface area (Å²) in [5.41, 5.74) is 1.95. The summed E-state index contributed by atoms with van der Waals surface area (Å²) in [5.74, 6) is 2.63. The average molecular weight is 1440 g/mol. The molecule has 0 spiro atoms. The average Bonchev–Trinajstić information content (AvgIpc) is 1.18. The van der Waals surface area contributed by atoms with Crippen LogP contribution in [0.4, 0.5) is 50.4 Å². The number of nitrogens with zero attached hydrogens (tertiary/aromatic N) is 2. The van der Waals surface area contributed by atoms with Gasteiger partial charge in [-0.2, -0.15) is 0 Å². The first-order valence-electron chi connectivity index (χ1n) is 24.5. The zero-order valence-electron chi connectivity index (χ0n) is 46.9. The SMILES string of the molecule is ClCCl.F[P-](F)(F)(F)(F)F.F[P-](F)(F)(F)(F)F.N.N.N.N.[Ru+6].c1ccc2c(c1)OCCOCCOCCOCCOCCOCCOc1ccccc1OCCOCCOCCOCCOCCOCCO2.c1cnc2c(c1)ccc1cccnc12. The van der Waals surface area contributed by atoms with Crippen molar-refractivity contribution < 1.29 is 136 Å². The molecule has 0 unspecified atom stereocenters. The standard InChI is InChI=1S/C36H56O14.C12H8N2.CH2Cl2.2F6P.4H3N.Ru/c1-2-6-34-33(5-1)47-29-25-43-21-17-39-13-9-37-11-15-41-19-23-45-27-31-49-35-7-3-4-8-36(35)50-32-28-46-24-20-42-16-12-38-10-14-40-18-22-44-26-30-48-34;1-3-9-5-6-10-4-2-8-14-12(10)11(9)13-7-1;2-1-3;2*1-7(2,3,4,5)6;;;;;/h1-8H,9-32H2;1-8H;1H2;;;4*1H3;/q;;;2*-1;;;;;+6. The molecule has 3 aromatic carbocycles. The molecule has 12 N–H and O–H groups in total. The largest absolute Gasteiger partial charge is 6.00 e. The summed E-state index contributed by atoms with van der Waals surface area (Å²) in [7, 11) is -21.3. The molecule has 20 nitrogen and oxygen atoms in total. The van der Waals surface area contributed by atoms with Crippen LogP contribution in [-0.4, -0.2) is 174 Å². The Balaban J connectivity index is -0.000000755. The molecular formula is C49H78Cl2F12N6O14P2Ru+4. The van der Waals surface area contributed by atoms with E-state index in [1.165, 1.54) is 0 Å². The van der Waals surface area contributed by atoms with Crippen LogP contribution in [-0.2, 0) is 66.8 Å². The van der Waals surface area contributed by atoms with E-state index in [4.69, 9.17) is 89.5 Å². The normalized spacial score (nSPS) is 17.6. The van der Waals surface area contributed by atoms with Gasteiger partial charge >= 0.3 is 85.5 Å². The second-order valence-electron chi connectivity index (χ2n) is 15.6. The van der Waals surface area contributed by atoms with Crippen LogP contribution in [0.2, 0.25) is 0 Å². The van der Waals surface area contributed by atoms with Crippen molar-refractivity contribution in [2.24, 2.45) is 0 Å². The van der Waals surface area contributed by atoms with Crippen LogP contribution in [0.5, 0.6) is 23.0 Å². The first-order chi connectivity index (χ1) is 38.2. The second-order valence-corrected chi connectivity index (χ2v) is 20.3. The molecule has 3 heterocycles. The van der Waals surface area contributed by atoms with Gasteiger partial charge < -0.3 is 90.9 Å². The summed E-state index contributed by atoms with van der Waals surface area (Å²) in [6.07, 6.45) is 3.60. The van der Waals surface area contributed by atoms with Crippen LogP contribution in [0, 0.1) is 0 Å². The molecule has 0 bridgehead atoms. The Morgan fingerprint density at radius 2 is 0.453 bits per heavy atom. The van der Waals surface area contributed by atoms with Gasteiger partial charge in [0.1, 0.15) is 26.4 Å². The van der Waals surface area contributed by atoms with Crippen molar-refractivity contribution in [1.82, 2.24) is 34.6 Å². The predicted molar refractivity (Wildman–Crippen MR) is 304 cm³/mol. The van der Waals surface area contributed by atoms with Crippen molar-refractivity contribution in [3.8, 4) is 23.0 Å². The second kappa shape index (κ2) is 45.6. The number of rotatable bonds is 0. The van der Waals surface area contributed by atoms with Crippen molar-refractivity contribution in [1.29, 1.82) is 0 Å². The predicted octanol–water partition coefficient (Wildman–Crippen LogP) is 14.7. The van der Waals surface area contributed by atoms with E-state index in [0.29, 0.717) is 182 Å². The maximum Gasteiger partial charge on any atom is 6.00 e. The quantitative estimate of drug-likeness (QED) is 0.0368. The zero-order chi connectivity index (χ0) is 59.7. The fourth-order valence-corrected chi connectivity index (χ4v) is 5.86. The van der Waals surface area contributed by atoms with Crippen LogP contribution in [0.1, 0.15) is 0 Å². The molecule has 1 aliphatic rings. The Morgan fingerprint density at radius 1 is 0.291 bits per heavy atom. The van der Waals surface area contributed by atoms with Gasteiger partial charge in [-0.05, 0) is 36.4 Å². The van der Waals surface area contributed by atoms with E-state index in [1.54, 1.807) is 12.4 Å². The summed E-state index contributed by atoms with van der Waals surface area (Å²) in [5, 5.41) is 2.47. The first kappa shape index (κ1) is 88.8. The summed E-state index contributed by atoms with van der Waals surface area (Å²) in [6, 6.07) is 27.2. The van der Waals surface area contributed by atoms with Gasteiger partial charge in [0.25, 0.3) is 0 Å². The summed E-state index contributed by atoms with van der Waals surface area (Å²) in [4.78, 5) is 8.69. The number of benzene rings is 3. The molecule has 0 amide bonds. The fraction of sp³-hybridized carbons (Fsp3) is 0.510. The van der Waals surface area contributed by atoms with Crippen LogP contribution in [0.15, 0.2) is 97.3 Å². The molecule has 0 aliphatic carbocycles. The van der Waals surface area contributed by atoms with Crippen molar-refractivity contribution in [3.05, 3.63) is 97.3 Å². The van der Waals surface area contributed by atoms with Gasteiger partial charge in [-0.15, -0.1) is 23.2 Å². The van der Waals surface area contributed by atoms with E-state index in [2.05, 4.69) is 34.2 Å². The monoisotopic (exact) mass is 1440 g/mol. The van der Waals surface area contributed by atoms with E-state index < -0.39 is 15.6 Å². The third-order valence-corrected chi connectivity index (χ3v) is 8.96. The van der Waals surface area contributed by atoms with Crippen LogP contribution in [0.3, 0.4) is 0 Å². The number of pyridine rings is 2. The molecule has 2 aromatic heterocycles. The minimum atomic E-state index is -10.7. The number of hydrogen-bond acceptors (Lipinski definition) is 20. The van der Waals surface area contributed by atoms with E-state index in [-0.39, 0.29) is 49.4 Å². The van der Waals surface area contributed by atoms with Gasteiger partial charge in [-0.3, -0.25) is 9.97 Å². The topological polar surface area (TPSA) is 295 Å². The van der Waals surface area contributed by atoms with Gasteiger partial charge in [0.15, 0.2) is 23.0 Å². The number of halogens is 14. The Labute approximate surface area is 513 Å². The van der Waals surface area contributed by atoms with Crippen molar-refractivity contribution in [3.63, 3.8) is 0 Å². The van der Waals surface area contributed by atoms with Crippen LogP contribution in [0.25, 0.3) is 21.8 Å².